The smallest absolute Gasteiger partial charge is 0.297 e. The Morgan fingerprint density at radius 3 is 2.88 bits per heavy atom. The largest absolute Gasteiger partial charge is 0.324 e. The highest BCUT2D eigenvalue weighted by Crippen LogP contribution is 2.39. The molecule has 0 atom stereocenters. The van der Waals surface area contributed by atoms with E-state index in [9.17, 15) is 8.78 Å². The quantitative estimate of drug-likeness (QED) is 0.613. The number of benzene rings is 1. The van der Waals surface area contributed by atoms with Crippen LogP contribution in [0.4, 0.5) is 20.3 Å². The number of hydrogen-bond donors (Lipinski definition) is 0. The van der Waals surface area contributed by atoms with Crippen molar-refractivity contribution in [3.8, 4) is 0 Å². The van der Waals surface area contributed by atoms with Gasteiger partial charge < -0.3 is 4.90 Å². The molecule has 1 aromatic carbocycles. The number of hydrogen-bond acceptors (Lipinski definition) is 4. The van der Waals surface area contributed by atoms with Crippen LogP contribution < -0.4 is 4.90 Å². The van der Waals surface area contributed by atoms with E-state index in [1.165, 1.54) is 0 Å². The van der Waals surface area contributed by atoms with Crippen LogP contribution in [0.1, 0.15) is 23.4 Å². The summed E-state index contributed by atoms with van der Waals surface area (Å²) in [4.78, 5) is 14.4. The van der Waals surface area contributed by atoms with Crippen LogP contribution in [-0.4, -0.2) is 21.5 Å². The summed E-state index contributed by atoms with van der Waals surface area (Å²) in [5.41, 5.74) is 3.70. The number of halogens is 3. The summed E-state index contributed by atoms with van der Waals surface area (Å²) in [5.74, 6) is -0.0817. The van der Waals surface area contributed by atoms with Crippen molar-refractivity contribution in [1.29, 1.82) is 0 Å². The zero-order valence-corrected chi connectivity index (χ0v) is 14.7. The normalized spacial score (nSPS) is 13.5. The van der Waals surface area contributed by atoms with E-state index in [2.05, 4.69) is 37.5 Å². The molecule has 1 aliphatic heterocycles. The summed E-state index contributed by atoms with van der Waals surface area (Å²) in [5, 5.41) is 0. The summed E-state index contributed by atoms with van der Waals surface area (Å²) >= 11 is 3.55. The second-order valence-electron chi connectivity index (χ2n) is 5.69. The van der Waals surface area contributed by atoms with Gasteiger partial charge in [0.2, 0.25) is 0 Å². The highest BCUT2D eigenvalue weighted by Gasteiger charge is 2.27. The van der Waals surface area contributed by atoms with Gasteiger partial charge in [0.25, 0.3) is 6.43 Å². The lowest BCUT2D eigenvalue weighted by Gasteiger charge is -2.20. The summed E-state index contributed by atoms with van der Waals surface area (Å²) in [7, 11) is 0. The molecule has 4 rings (SSSR count). The number of pyridine rings is 1. The Bertz CT molecular complexity index is 990. The third-order valence-corrected chi connectivity index (χ3v) is 4.96. The Balaban J connectivity index is 1.96. The molecule has 0 amide bonds. The maximum atomic E-state index is 13.3. The van der Waals surface area contributed by atoms with Crippen molar-refractivity contribution in [2.24, 2.45) is 0 Å². The van der Waals surface area contributed by atoms with Crippen LogP contribution in [0.15, 0.2) is 41.5 Å². The van der Waals surface area contributed by atoms with Gasteiger partial charge in [0, 0.05) is 22.9 Å². The average Bonchev–Trinajstić information content (AvgIpc) is 3.05. The molecule has 0 spiro atoms. The van der Waals surface area contributed by atoms with Gasteiger partial charge in [0.15, 0.2) is 11.6 Å². The Morgan fingerprint density at radius 2 is 2.12 bits per heavy atom. The molecule has 1 aliphatic rings. The first-order valence-electron chi connectivity index (χ1n) is 7.71. The van der Waals surface area contributed by atoms with Gasteiger partial charge in [-0.3, -0.25) is 4.98 Å². The molecule has 3 heterocycles. The lowest BCUT2D eigenvalue weighted by atomic mass is 10.2. The van der Waals surface area contributed by atoms with Gasteiger partial charge >= 0.3 is 0 Å². The number of anilines is 2. The number of aromatic nitrogens is 3. The molecule has 4 nitrogen and oxygen atoms in total. The Kier molecular flexibility index (Phi) is 3.95. The fraction of sp³-hybridized carbons (Fsp3) is 0.167. The molecule has 7 heteroatoms. The number of fused-ring (bicyclic) bond motifs is 2. The lowest BCUT2D eigenvalue weighted by Crippen LogP contribution is -2.17. The van der Waals surface area contributed by atoms with Gasteiger partial charge in [-0.05, 0) is 35.7 Å². The molecule has 0 N–H and O–H groups in total. The number of nitrogens with zero attached hydrogens (tertiary/aromatic N) is 4. The van der Waals surface area contributed by atoms with E-state index in [1.807, 2.05) is 23.1 Å². The fourth-order valence-corrected chi connectivity index (χ4v) is 3.60. The van der Waals surface area contributed by atoms with Crippen molar-refractivity contribution in [2.75, 3.05) is 11.4 Å². The van der Waals surface area contributed by atoms with Crippen molar-refractivity contribution in [3.05, 3.63) is 58.5 Å². The van der Waals surface area contributed by atoms with E-state index >= 15 is 0 Å². The zero-order valence-electron chi connectivity index (χ0n) is 13.1. The van der Waals surface area contributed by atoms with Crippen LogP contribution in [0.3, 0.4) is 0 Å². The van der Waals surface area contributed by atoms with Crippen LogP contribution in [0.25, 0.3) is 17.1 Å². The average molecular weight is 403 g/mol. The first-order chi connectivity index (χ1) is 12.1. The highest BCUT2D eigenvalue weighted by molar-refractivity contribution is 9.10. The van der Waals surface area contributed by atoms with Crippen LogP contribution in [-0.2, 0) is 6.42 Å². The fourth-order valence-electron chi connectivity index (χ4n) is 3.05. The first kappa shape index (κ1) is 16.1. The van der Waals surface area contributed by atoms with Crippen molar-refractivity contribution in [3.63, 3.8) is 0 Å². The van der Waals surface area contributed by atoms with Gasteiger partial charge in [-0.15, -0.1) is 0 Å². The van der Waals surface area contributed by atoms with Gasteiger partial charge in [-0.1, -0.05) is 34.7 Å². The minimum atomic E-state index is -2.75. The monoisotopic (exact) mass is 402 g/mol. The SMILES string of the molecule is C=Cc1cnc2c(N3CCc4c(Br)cccc43)nc(C(F)F)nc2c1. The zero-order chi connectivity index (χ0) is 17.6. The Morgan fingerprint density at radius 1 is 1.28 bits per heavy atom. The standard InChI is InChI=1S/C18H13BrF2N4/c1-2-10-8-13-15(22-9-10)18(24-17(23-13)16(20)21)25-7-6-11-12(19)4-3-5-14(11)25/h2-5,8-9,16H,1,6-7H2. The molecule has 126 valence electrons. The van der Waals surface area contributed by atoms with Crippen molar-refractivity contribution < 1.29 is 8.78 Å². The van der Waals surface area contributed by atoms with E-state index in [4.69, 9.17) is 0 Å². The Hall–Kier alpha value is -2.41. The second kappa shape index (κ2) is 6.15. The number of alkyl halides is 2. The molecule has 0 bridgehead atoms. The van der Waals surface area contributed by atoms with Crippen LogP contribution in [0.2, 0.25) is 0 Å². The van der Waals surface area contributed by atoms with E-state index in [-0.39, 0.29) is 0 Å². The summed E-state index contributed by atoms with van der Waals surface area (Å²) in [6.07, 6.45) is 1.30. The van der Waals surface area contributed by atoms with Gasteiger partial charge in [-0.2, -0.15) is 0 Å². The van der Waals surface area contributed by atoms with Crippen molar-refractivity contribution in [2.45, 2.75) is 12.8 Å². The van der Waals surface area contributed by atoms with Gasteiger partial charge in [0.1, 0.15) is 5.52 Å². The van der Waals surface area contributed by atoms with Crippen LogP contribution >= 0.6 is 15.9 Å². The van der Waals surface area contributed by atoms with E-state index in [0.29, 0.717) is 23.4 Å². The summed E-state index contributed by atoms with van der Waals surface area (Å²) in [6, 6.07) is 7.55. The predicted molar refractivity (Wildman–Crippen MR) is 97.2 cm³/mol. The first-order valence-corrected chi connectivity index (χ1v) is 8.51. The topological polar surface area (TPSA) is 41.9 Å². The molecule has 25 heavy (non-hydrogen) atoms. The molecule has 3 aromatic rings. The molecular weight excluding hydrogens is 390 g/mol. The highest BCUT2D eigenvalue weighted by atomic mass is 79.9. The Labute approximate surface area is 151 Å². The van der Waals surface area contributed by atoms with E-state index in [0.717, 1.165) is 27.7 Å². The predicted octanol–water partition coefficient (Wildman–Crippen LogP) is 5.06. The van der Waals surface area contributed by atoms with Crippen molar-refractivity contribution >= 4 is 44.5 Å². The molecule has 2 aromatic heterocycles. The maximum Gasteiger partial charge on any atom is 0.297 e. The number of rotatable bonds is 3. The molecule has 0 aliphatic carbocycles. The molecule has 0 saturated carbocycles. The summed E-state index contributed by atoms with van der Waals surface area (Å²) in [6.45, 7) is 4.34. The van der Waals surface area contributed by atoms with Crippen molar-refractivity contribution in [1.82, 2.24) is 15.0 Å². The third kappa shape index (κ3) is 2.68. The van der Waals surface area contributed by atoms with E-state index < -0.39 is 12.2 Å². The molecule has 0 fully saturated rings. The third-order valence-electron chi connectivity index (χ3n) is 4.21. The van der Waals surface area contributed by atoms with Crippen LogP contribution in [0, 0.1) is 0 Å². The molecule has 0 unspecified atom stereocenters. The van der Waals surface area contributed by atoms with Gasteiger partial charge in [0.05, 0.1) is 5.52 Å². The molecule has 0 radical (unpaired) electrons. The minimum absolute atomic E-state index is 0.390. The second-order valence-corrected chi connectivity index (χ2v) is 6.54. The lowest BCUT2D eigenvalue weighted by molar-refractivity contribution is 0.141. The summed E-state index contributed by atoms with van der Waals surface area (Å²) < 4.78 is 27.6. The minimum Gasteiger partial charge on any atom is -0.324 e. The molecular formula is C18H13BrF2N4. The maximum absolute atomic E-state index is 13.3. The van der Waals surface area contributed by atoms with E-state index in [1.54, 1.807) is 18.3 Å². The molecule has 0 saturated heterocycles. The van der Waals surface area contributed by atoms with Gasteiger partial charge in [-0.25, -0.2) is 18.7 Å². The van der Waals surface area contributed by atoms with Crippen LogP contribution in [0.5, 0.6) is 0 Å².